The number of benzene rings is 1. The molecule has 2 heterocycles. The summed E-state index contributed by atoms with van der Waals surface area (Å²) in [4.78, 5) is 30.1. The fourth-order valence-electron chi connectivity index (χ4n) is 2.35. The van der Waals surface area contributed by atoms with E-state index in [1.807, 2.05) is 6.92 Å². The van der Waals surface area contributed by atoms with Crippen LogP contribution in [0, 0.1) is 0 Å². The van der Waals surface area contributed by atoms with Gasteiger partial charge >= 0.3 is 6.03 Å². The standard InChI is InChI=1S/C14H13N5O2/c1-7(11-5-16-6-17-11)12-9-4-8(18-14(15)21)2-3-10(9)19-13(12)20/h2-6H,1H3,(H,16,17)(H,19,20)(H3,15,18,21)/b12-7+. The number of H-pyrrole nitrogens is 1. The van der Waals surface area contributed by atoms with Gasteiger partial charge < -0.3 is 21.4 Å². The Hall–Kier alpha value is -3.09. The molecule has 3 rings (SSSR count). The highest BCUT2D eigenvalue weighted by molar-refractivity contribution is 6.36. The first-order valence-electron chi connectivity index (χ1n) is 6.28. The van der Waals surface area contributed by atoms with Crippen molar-refractivity contribution in [3.8, 4) is 0 Å². The van der Waals surface area contributed by atoms with Gasteiger partial charge in [-0.15, -0.1) is 0 Å². The fraction of sp³-hybridized carbons (Fsp3) is 0.0714. The number of nitrogens with one attached hydrogen (secondary N) is 3. The van der Waals surface area contributed by atoms with Gasteiger partial charge in [-0.3, -0.25) is 4.79 Å². The van der Waals surface area contributed by atoms with Crippen LogP contribution in [0.1, 0.15) is 18.2 Å². The van der Waals surface area contributed by atoms with Crippen LogP contribution in [0.25, 0.3) is 11.1 Å². The summed E-state index contributed by atoms with van der Waals surface area (Å²) in [6.45, 7) is 1.83. The maximum Gasteiger partial charge on any atom is 0.316 e. The van der Waals surface area contributed by atoms with E-state index in [0.717, 1.165) is 5.57 Å². The summed E-state index contributed by atoms with van der Waals surface area (Å²) < 4.78 is 0. The fourth-order valence-corrected chi connectivity index (χ4v) is 2.35. The third-order valence-corrected chi connectivity index (χ3v) is 3.29. The van der Waals surface area contributed by atoms with Crippen LogP contribution in [-0.2, 0) is 4.79 Å². The summed E-state index contributed by atoms with van der Waals surface area (Å²) in [5.41, 5.74) is 9.03. The van der Waals surface area contributed by atoms with Crippen LogP contribution in [0.5, 0.6) is 0 Å². The Balaban J connectivity index is 2.12. The van der Waals surface area contributed by atoms with Crippen molar-refractivity contribution >= 4 is 34.5 Å². The van der Waals surface area contributed by atoms with Gasteiger partial charge in [0.25, 0.3) is 5.91 Å². The molecule has 1 aliphatic rings. The van der Waals surface area contributed by atoms with Gasteiger partial charge in [0.1, 0.15) is 0 Å². The Bertz CT molecular complexity index is 762. The van der Waals surface area contributed by atoms with Crippen LogP contribution in [0.2, 0.25) is 0 Å². The zero-order valence-corrected chi connectivity index (χ0v) is 11.2. The molecular formula is C14H13N5O2. The highest BCUT2D eigenvalue weighted by Crippen LogP contribution is 2.37. The van der Waals surface area contributed by atoms with Gasteiger partial charge in [0.2, 0.25) is 0 Å². The molecule has 0 saturated carbocycles. The number of primary amides is 1. The summed E-state index contributed by atoms with van der Waals surface area (Å²) in [6.07, 6.45) is 3.28. The van der Waals surface area contributed by atoms with Crippen LogP contribution >= 0.6 is 0 Å². The largest absolute Gasteiger partial charge is 0.351 e. The lowest BCUT2D eigenvalue weighted by Crippen LogP contribution is -2.19. The predicted molar refractivity (Wildman–Crippen MR) is 79.4 cm³/mol. The molecule has 106 valence electrons. The molecule has 0 bridgehead atoms. The maximum absolute atomic E-state index is 12.2. The van der Waals surface area contributed by atoms with Gasteiger partial charge in [0.15, 0.2) is 0 Å². The number of carbonyl (C=O) groups is 2. The molecule has 0 atom stereocenters. The van der Waals surface area contributed by atoms with E-state index in [4.69, 9.17) is 5.73 Å². The SMILES string of the molecule is C/C(=C1\C(=O)Nc2ccc(NC(N)=O)cc21)c1c[nH]cn1. The number of rotatable bonds is 2. The first-order chi connectivity index (χ1) is 10.1. The van der Waals surface area contributed by atoms with Gasteiger partial charge in [0.05, 0.1) is 17.6 Å². The molecule has 1 aromatic heterocycles. The molecule has 0 radical (unpaired) electrons. The number of aromatic nitrogens is 2. The number of urea groups is 1. The number of hydrogen-bond donors (Lipinski definition) is 4. The summed E-state index contributed by atoms with van der Waals surface area (Å²) in [6, 6.07) is 4.46. The molecule has 2 aromatic rings. The number of nitrogens with zero attached hydrogens (tertiary/aromatic N) is 1. The van der Waals surface area contributed by atoms with Crippen LogP contribution in [0.15, 0.2) is 30.7 Å². The zero-order valence-electron chi connectivity index (χ0n) is 11.2. The Labute approximate surface area is 120 Å². The molecule has 7 nitrogen and oxygen atoms in total. The molecular weight excluding hydrogens is 270 g/mol. The zero-order chi connectivity index (χ0) is 15.0. The smallest absolute Gasteiger partial charge is 0.316 e. The van der Waals surface area contributed by atoms with Gasteiger partial charge in [-0.1, -0.05) is 0 Å². The van der Waals surface area contributed by atoms with Crippen LogP contribution < -0.4 is 16.4 Å². The molecule has 7 heteroatoms. The highest BCUT2D eigenvalue weighted by atomic mass is 16.2. The second-order valence-electron chi connectivity index (χ2n) is 4.66. The van der Waals surface area contributed by atoms with E-state index in [2.05, 4.69) is 20.6 Å². The van der Waals surface area contributed by atoms with Crippen molar-refractivity contribution in [3.05, 3.63) is 42.0 Å². The van der Waals surface area contributed by atoms with Crippen molar-refractivity contribution in [2.24, 2.45) is 5.73 Å². The third kappa shape index (κ3) is 2.25. The van der Waals surface area contributed by atoms with E-state index in [9.17, 15) is 9.59 Å². The number of hydrogen-bond acceptors (Lipinski definition) is 3. The van der Waals surface area contributed by atoms with E-state index >= 15 is 0 Å². The normalized spacial score (nSPS) is 15.4. The number of carbonyl (C=O) groups excluding carboxylic acids is 2. The first kappa shape index (κ1) is 12.9. The van der Waals surface area contributed by atoms with E-state index < -0.39 is 6.03 Å². The molecule has 5 N–H and O–H groups in total. The number of anilines is 2. The van der Waals surface area contributed by atoms with Crippen molar-refractivity contribution in [2.75, 3.05) is 10.6 Å². The number of imidazole rings is 1. The molecule has 3 amide bonds. The summed E-state index contributed by atoms with van der Waals surface area (Å²) in [5, 5.41) is 5.29. The summed E-state index contributed by atoms with van der Waals surface area (Å²) in [7, 11) is 0. The molecule has 0 fully saturated rings. The number of aromatic amines is 1. The van der Waals surface area contributed by atoms with Crippen LogP contribution in [0.3, 0.4) is 0 Å². The molecule has 1 aromatic carbocycles. The lowest BCUT2D eigenvalue weighted by atomic mass is 10.00. The predicted octanol–water partition coefficient (Wildman–Crippen LogP) is 1.78. The number of nitrogens with two attached hydrogens (primary N) is 1. The molecule has 0 aliphatic carbocycles. The first-order valence-corrected chi connectivity index (χ1v) is 6.28. The van der Waals surface area contributed by atoms with E-state index in [1.165, 1.54) is 0 Å². The van der Waals surface area contributed by atoms with E-state index in [1.54, 1.807) is 30.7 Å². The second-order valence-corrected chi connectivity index (χ2v) is 4.66. The van der Waals surface area contributed by atoms with Crippen LogP contribution in [-0.4, -0.2) is 21.9 Å². The minimum absolute atomic E-state index is 0.193. The number of allylic oxidation sites excluding steroid dienone is 1. The minimum Gasteiger partial charge on any atom is -0.351 e. The topological polar surface area (TPSA) is 113 Å². The lowest BCUT2D eigenvalue weighted by molar-refractivity contribution is -0.110. The van der Waals surface area contributed by atoms with E-state index in [0.29, 0.717) is 28.2 Å². The van der Waals surface area contributed by atoms with E-state index in [-0.39, 0.29) is 5.91 Å². The maximum atomic E-state index is 12.2. The van der Waals surface area contributed by atoms with Crippen molar-refractivity contribution in [1.29, 1.82) is 0 Å². The number of fused-ring (bicyclic) bond motifs is 1. The average Bonchev–Trinajstić information content (AvgIpc) is 3.04. The minimum atomic E-state index is -0.651. The summed E-state index contributed by atoms with van der Waals surface area (Å²) in [5.74, 6) is -0.193. The van der Waals surface area contributed by atoms with Crippen LogP contribution in [0.4, 0.5) is 16.2 Å². The quantitative estimate of drug-likeness (QED) is 0.630. The highest BCUT2D eigenvalue weighted by Gasteiger charge is 2.27. The van der Waals surface area contributed by atoms with Crippen molar-refractivity contribution in [1.82, 2.24) is 9.97 Å². The molecule has 0 saturated heterocycles. The molecule has 0 unspecified atom stereocenters. The van der Waals surface area contributed by atoms with Crippen molar-refractivity contribution in [3.63, 3.8) is 0 Å². The van der Waals surface area contributed by atoms with Gasteiger partial charge in [-0.05, 0) is 30.7 Å². The summed E-state index contributed by atoms with van der Waals surface area (Å²) >= 11 is 0. The number of amides is 3. The average molecular weight is 283 g/mol. The Kier molecular flexibility index (Phi) is 2.94. The molecule has 1 aliphatic heterocycles. The lowest BCUT2D eigenvalue weighted by Gasteiger charge is -2.06. The van der Waals surface area contributed by atoms with Crippen molar-refractivity contribution < 1.29 is 9.59 Å². The third-order valence-electron chi connectivity index (χ3n) is 3.29. The second kappa shape index (κ2) is 4.78. The van der Waals surface area contributed by atoms with Gasteiger partial charge in [-0.25, -0.2) is 9.78 Å². The van der Waals surface area contributed by atoms with Gasteiger partial charge in [-0.2, -0.15) is 0 Å². The van der Waals surface area contributed by atoms with Crippen molar-refractivity contribution in [2.45, 2.75) is 6.92 Å². The monoisotopic (exact) mass is 283 g/mol. The molecule has 21 heavy (non-hydrogen) atoms. The Morgan fingerprint density at radius 1 is 1.38 bits per heavy atom. The Morgan fingerprint density at radius 2 is 2.19 bits per heavy atom. The Morgan fingerprint density at radius 3 is 2.86 bits per heavy atom. The molecule has 0 spiro atoms. The van der Waals surface area contributed by atoms with Gasteiger partial charge in [0, 0.05) is 23.1 Å².